The first-order valence-electron chi connectivity index (χ1n) is 6.31. The van der Waals surface area contributed by atoms with Gasteiger partial charge in [-0.2, -0.15) is 0 Å². The average Bonchev–Trinajstić information content (AvgIpc) is 2.81. The van der Waals surface area contributed by atoms with Gasteiger partial charge in [0, 0.05) is 24.8 Å². The Balaban J connectivity index is 2.15. The highest BCUT2D eigenvalue weighted by Gasteiger charge is 2.28. The maximum atomic E-state index is 12.4. The molecule has 0 bridgehead atoms. The molecular formula is C14H21N3O. The lowest BCUT2D eigenvalue weighted by Gasteiger charge is -2.21. The Bertz CT molecular complexity index is 456. The minimum absolute atomic E-state index is 0.0561. The second kappa shape index (κ2) is 4.98. The first-order valence-corrected chi connectivity index (χ1v) is 6.31. The van der Waals surface area contributed by atoms with Crippen LogP contribution in [0.4, 0.5) is 5.69 Å². The third-order valence-electron chi connectivity index (χ3n) is 3.62. The fourth-order valence-electron chi connectivity index (χ4n) is 2.37. The molecule has 98 valence electrons. The highest BCUT2D eigenvalue weighted by atomic mass is 16.2. The van der Waals surface area contributed by atoms with Crippen LogP contribution >= 0.6 is 0 Å². The Morgan fingerprint density at radius 3 is 2.78 bits per heavy atom. The third-order valence-corrected chi connectivity index (χ3v) is 3.62. The van der Waals surface area contributed by atoms with Gasteiger partial charge in [0.15, 0.2) is 0 Å². The maximum absolute atomic E-state index is 12.4. The van der Waals surface area contributed by atoms with Crippen molar-refractivity contribution in [2.75, 3.05) is 32.9 Å². The molecule has 1 saturated heterocycles. The third kappa shape index (κ3) is 2.48. The van der Waals surface area contributed by atoms with E-state index >= 15 is 0 Å². The molecule has 1 unspecified atom stereocenters. The predicted molar refractivity (Wildman–Crippen MR) is 73.6 cm³/mol. The van der Waals surface area contributed by atoms with Crippen LogP contribution in [0.15, 0.2) is 18.2 Å². The quantitative estimate of drug-likeness (QED) is 0.803. The van der Waals surface area contributed by atoms with Crippen molar-refractivity contribution in [1.82, 2.24) is 9.80 Å². The number of amides is 1. The van der Waals surface area contributed by atoms with Crippen LogP contribution in [-0.4, -0.2) is 48.9 Å². The zero-order chi connectivity index (χ0) is 13.3. The molecule has 4 heteroatoms. The highest BCUT2D eigenvalue weighted by Crippen LogP contribution is 2.20. The van der Waals surface area contributed by atoms with Gasteiger partial charge in [-0.15, -0.1) is 0 Å². The summed E-state index contributed by atoms with van der Waals surface area (Å²) < 4.78 is 0. The summed E-state index contributed by atoms with van der Waals surface area (Å²) >= 11 is 0. The number of anilines is 1. The Morgan fingerprint density at radius 1 is 1.44 bits per heavy atom. The fraction of sp³-hybridized carbons (Fsp3) is 0.500. The lowest BCUT2D eigenvalue weighted by atomic mass is 10.1. The van der Waals surface area contributed by atoms with Crippen molar-refractivity contribution >= 4 is 11.6 Å². The number of hydrogen-bond donors (Lipinski definition) is 1. The van der Waals surface area contributed by atoms with Crippen molar-refractivity contribution in [3.05, 3.63) is 29.3 Å². The van der Waals surface area contributed by atoms with Crippen LogP contribution in [0.5, 0.6) is 0 Å². The van der Waals surface area contributed by atoms with E-state index < -0.39 is 0 Å². The molecule has 1 aromatic rings. The zero-order valence-corrected chi connectivity index (χ0v) is 11.3. The van der Waals surface area contributed by atoms with Gasteiger partial charge in [-0.1, -0.05) is 11.6 Å². The smallest absolute Gasteiger partial charge is 0.256 e. The van der Waals surface area contributed by atoms with E-state index in [-0.39, 0.29) is 5.91 Å². The van der Waals surface area contributed by atoms with E-state index in [2.05, 4.69) is 19.0 Å². The van der Waals surface area contributed by atoms with Gasteiger partial charge in [-0.3, -0.25) is 4.79 Å². The number of carbonyl (C=O) groups is 1. The van der Waals surface area contributed by atoms with Crippen LogP contribution in [0.25, 0.3) is 0 Å². The second-order valence-electron chi connectivity index (χ2n) is 5.25. The van der Waals surface area contributed by atoms with E-state index in [0.717, 1.165) is 25.1 Å². The van der Waals surface area contributed by atoms with Gasteiger partial charge in [-0.05, 0) is 39.6 Å². The molecule has 1 aliphatic heterocycles. The molecule has 1 fully saturated rings. The molecule has 1 atom stereocenters. The number of hydrogen-bond acceptors (Lipinski definition) is 3. The van der Waals surface area contributed by atoms with Crippen molar-refractivity contribution in [3.63, 3.8) is 0 Å². The van der Waals surface area contributed by atoms with Crippen LogP contribution in [0.3, 0.4) is 0 Å². The molecule has 0 radical (unpaired) electrons. The number of nitrogens with two attached hydrogens (primary N) is 1. The summed E-state index contributed by atoms with van der Waals surface area (Å²) in [4.78, 5) is 16.5. The molecule has 0 aliphatic carbocycles. The normalized spacial score (nSPS) is 19.6. The molecule has 1 heterocycles. The molecule has 2 rings (SSSR count). The molecule has 2 N–H and O–H groups in total. The molecule has 0 spiro atoms. The predicted octanol–water partition coefficient (Wildman–Crippen LogP) is 1.35. The molecule has 1 amide bonds. The number of aryl methyl sites for hydroxylation is 1. The van der Waals surface area contributed by atoms with Crippen molar-refractivity contribution in [3.8, 4) is 0 Å². The summed E-state index contributed by atoms with van der Waals surface area (Å²) in [5.41, 5.74) is 8.16. The number of benzene rings is 1. The molecular weight excluding hydrogens is 226 g/mol. The van der Waals surface area contributed by atoms with Gasteiger partial charge < -0.3 is 15.5 Å². The van der Waals surface area contributed by atoms with E-state index in [1.165, 1.54) is 0 Å². The summed E-state index contributed by atoms with van der Waals surface area (Å²) in [7, 11) is 4.11. The van der Waals surface area contributed by atoms with Crippen LogP contribution in [0.1, 0.15) is 22.3 Å². The molecule has 0 saturated carbocycles. The Labute approximate surface area is 108 Å². The fourth-order valence-corrected chi connectivity index (χ4v) is 2.37. The summed E-state index contributed by atoms with van der Waals surface area (Å²) in [5, 5.41) is 0. The minimum Gasteiger partial charge on any atom is -0.398 e. The Morgan fingerprint density at radius 2 is 2.17 bits per heavy atom. The number of nitrogens with zero attached hydrogens (tertiary/aromatic N) is 2. The maximum Gasteiger partial charge on any atom is 0.256 e. The lowest BCUT2D eigenvalue weighted by Crippen LogP contribution is -2.34. The van der Waals surface area contributed by atoms with E-state index in [1.54, 1.807) is 0 Å². The van der Waals surface area contributed by atoms with E-state index in [1.807, 2.05) is 30.0 Å². The number of rotatable bonds is 2. The van der Waals surface area contributed by atoms with E-state index in [9.17, 15) is 4.79 Å². The molecule has 1 aromatic carbocycles. The second-order valence-corrected chi connectivity index (χ2v) is 5.25. The number of nitrogen functional groups attached to an aromatic ring is 1. The Kier molecular flexibility index (Phi) is 3.57. The first kappa shape index (κ1) is 12.9. The first-order chi connectivity index (χ1) is 8.49. The SMILES string of the molecule is Cc1ccc(N)c(C(=O)N2CCC(N(C)C)C2)c1. The van der Waals surface area contributed by atoms with Gasteiger partial charge in [0.05, 0.1) is 5.56 Å². The van der Waals surface area contributed by atoms with Gasteiger partial charge in [-0.25, -0.2) is 0 Å². The monoisotopic (exact) mass is 247 g/mol. The number of likely N-dealkylation sites (tertiary alicyclic amines) is 1. The highest BCUT2D eigenvalue weighted by molar-refractivity contribution is 5.99. The van der Waals surface area contributed by atoms with Gasteiger partial charge >= 0.3 is 0 Å². The summed E-state index contributed by atoms with van der Waals surface area (Å²) in [6, 6.07) is 6.07. The standard InChI is InChI=1S/C14H21N3O/c1-10-4-5-13(15)12(8-10)14(18)17-7-6-11(9-17)16(2)3/h4-5,8,11H,6-7,9,15H2,1-3H3. The molecule has 0 aromatic heterocycles. The summed E-state index contributed by atoms with van der Waals surface area (Å²) in [5.74, 6) is 0.0561. The Hall–Kier alpha value is -1.55. The minimum atomic E-state index is 0.0561. The molecule has 4 nitrogen and oxygen atoms in total. The van der Waals surface area contributed by atoms with E-state index in [4.69, 9.17) is 5.73 Å². The van der Waals surface area contributed by atoms with Crippen molar-refractivity contribution < 1.29 is 4.79 Å². The van der Waals surface area contributed by atoms with Crippen LogP contribution in [0.2, 0.25) is 0 Å². The molecule has 18 heavy (non-hydrogen) atoms. The molecule has 1 aliphatic rings. The van der Waals surface area contributed by atoms with Crippen LogP contribution in [-0.2, 0) is 0 Å². The van der Waals surface area contributed by atoms with Gasteiger partial charge in [0.1, 0.15) is 0 Å². The number of likely N-dealkylation sites (N-methyl/N-ethyl adjacent to an activating group) is 1. The lowest BCUT2D eigenvalue weighted by molar-refractivity contribution is 0.0784. The largest absolute Gasteiger partial charge is 0.398 e. The van der Waals surface area contributed by atoms with Gasteiger partial charge in [0.2, 0.25) is 0 Å². The van der Waals surface area contributed by atoms with Crippen LogP contribution in [0, 0.1) is 6.92 Å². The van der Waals surface area contributed by atoms with E-state index in [0.29, 0.717) is 17.3 Å². The summed E-state index contributed by atoms with van der Waals surface area (Å²) in [6.45, 7) is 3.58. The average molecular weight is 247 g/mol. The topological polar surface area (TPSA) is 49.6 Å². The number of carbonyl (C=O) groups excluding carboxylic acids is 1. The van der Waals surface area contributed by atoms with Crippen LogP contribution < -0.4 is 5.73 Å². The van der Waals surface area contributed by atoms with Crippen molar-refractivity contribution in [2.45, 2.75) is 19.4 Å². The van der Waals surface area contributed by atoms with Crippen molar-refractivity contribution in [1.29, 1.82) is 0 Å². The zero-order valence-electron chi connectivity index (χ0n) is 11.3. The summed E-state index contributed by atoms with van der Waals surface area (Å²) in [6.07, 6.45) is 1.03. The van der Waals surface area contributed by atoms with Crippen molar-refractivity contribution in [2.24, 2.45) is 0 Å². The van der Waals surface area contributed by atoms with Gasteiger partial charge in [0.25, 0.3) is 5.91 Å².